The first-order valence-electron chi connectivity index (χ1n) is 15.3. The lowest BCUT2D eigenvalue weighted by molar-refractivity contribution is -0.185. The van der Waals surface area contributed by atoms with Gasteiger partial charge in [0, 0.05) is 17.2 Å². The summed E-state index contributed by atoms with van der Waals surface area (Å²) in [7, 11) is 0. The van der Waals surface area contributed by atoms with Crippen LogP contribution in [0.3, 0.4) is 0 Å². The quantitative estimate of drug-likeness (QED) is 0.100. The maximum atomic E-state index is 15.2. The Hall–Kier alpha value is -4.45. The zero-order chi connectivity index (χ0) is 32.0. The SMILES string of the molecule is CCCCCc1ccc(-c2ccc(-c3ccc(C(F)(F)Oc4ccc(-c5ccc(CCC)c(F)c5)c(F)c4)cc3)c(F)c2)cc1. The molecule has 0 aliphatic heterocycles. The number of ether oxygens (including phenoxy) is 1. The fourth-order valence-electron chi connectivity index (χ4n) is 5.40. The van der Waals surface area contributed by atoms with Crippen LogP contribution in [0.2, 0.25) is 0 Å². The van der Waals surface area contributed by atoms with Gasteiger partial charge in [0.05, 0.1) is 5.56 Å². The van der Waals surface area contributed by atoms with Crippen LogP contribution in [-0.4, -0.2) is 0 Å². The van der Waals surface area contributed by atoms with Gasteiger partial charge in [-0.05, 0) is 89.0 Å². The third-order valence-electron chi connectivity index (χ3n) is 7.93. The van der Waals surface area contributed by atoms with E-state index < -0.39 is 29.1 Å². The largest absolute Gasteiger partial charge is 0.429 e. The van der Waals surface area contributed by atoms with Crippen LogP contribution >= 0.6 is 0 Å². The molecule has 5 rings (SSSR count). The minimum absolute atomic E-state index is 0.0736. The molecule has 0 bridgehead atoms. The molecule has 0 spiro atoms. The summed E-state index contributed by atoms with van der Waals surface area (Å²) in [5.74, 6) is -2.11. The van der Waals surface area contributed by atoms with Crippen LogP contribution in [0, 0.1) is 17.5 Å². The molecule has 0 aliphatic carbocycles. The van der Waals surface area contributed by atoms with Crippen LogP contribution in [0.15, 0.2) is 103 Å². The second-order valence-electron chi connectivity index (χ2n) is 11.2. The van der Waals surface area contributed by atoms with Gasteiger partial charge in [-0.25, -0.2) is 13.2 Å². The van der Waals surface area contributed by atoms with Gasteiger partial charge >= 0.3 is 6.11 Å². The lowest BCUT2D eigenvalue weighted by atomic mass is 9.97. The molecular formula is C39H35F5O. The summed E-state index contributed by atoms with van der Waals surface area (Å²) >= 11 is 0. The van der Waals surface area contributed by atoms with Crippen molar-refractivity contribution in [1.29, 1.82) is 0 Å². The normalized spacial score (nSPS) is 11.5. The topological polar surface area (TPSA) is 9.23 Å². The van der Waals surface area contributed by atoms with Crippen molar-refractivity contribution >= 4 is 0 Å². The van der Waals surface area contributed by atoms with Gasteiger partial charge in [-0.2, -0.15) is 8.78 Å². The summed E-state index contributed by atoms with van der Waals surface area (Å²) in [6.07, 6.45) is 2.05. The van der Waals surface area contributed by atoms with Gasteiger partial charge in [0.15, 0.2) is 0 Å². The summed E-state index contributed by atoms with van der Waals surface area (Å²) in [5, 5.41) is 0. The summed E-state index contributed by atoms with van der Waals surface area (Å²) in [5.41, 5.74) is 4.01. The van der Waals surface area contributed by atoms with Crippen LogP contribution in [0.1, 0.15) is 56.2 Å². The number of hydrogen-bond donors (Lipinski definition) is 0. The predicted molar refractivity (Wildman–Crippen MR) is 171 cm³/mol. The van der Waals surface area contributed by atoms with Crippen LogP contribution in [0.25, 0.3) is 33.4 Å². The molecule has 0 aromatic heterocycles. The number of halogens is 5. The molecule has 45 heavy (non-hydrogen) atoms. The highest BCUT2D eigenvalue weighted by Gasteiger charge is 2.35. The molecule has 1 nitrogen and oxygen atoms in total. The van der Waals surface area contributed by atoms with Gasteiger partial charge in [-0.3, -0.25) is 0 Å². The zero-order valence-corrected chi connectivity index (χ0v) is 25.4. The molecule has 0 atom stereocenters. The smallest absolute Gasteiger partial charge is 0.426 e. The predicted octanol–water partition coefficient (Wildman–Crippen LogP) is 11.9. The number of aryl methyl sites for hydroxylation is 2. The second kappa shape index (κ2) is 14.1. The fraction of sp³-hybridized carbons (Fsp3) is 0.231. The van der Waals surface area contributed by atoms with Crippen LogP contribution in [0.5, 0.6) is 5.75 Å². The molecule has 232 valence electrons. The van der Waals surface area contributed by atoms with E-state index in [1.54, 1.807) is 18.2 Å². The van der Waals surface area contributed by atoms with Crippen LogP contribution in [-0.2, 0) is 19.0 Å². The molecule has 6 heteroatoms. The summed E-state index contributed by atoms with van der Waals surface area (Å²) in [6, 6.07) is 25.9. The van der Waals surface area contributed by atoms with E-state index in [0.29, 0.717) is 23.1 Å². The van der Waals surface area contributed by atoms with Crippen molar-refractivity contribution in [2.24, 2.45) is 0 Å². The van der Waals surface area contributed by atoms with Crippen LogP contribution in [0.4, 0.5) is 22.0 Å². The Morgan fingerprint density at radius 3 is 1.78 bits per heavy atom. The molecule has 0 fully saturated rings. The summed E-state index contributed by atoms with van der Waals surface area (Å²) in [6.45, 7) is 4.10. The minimum atomic E-state index is -3.79. The third-order valence-corrected chi connectivity index (χ3v) is 7.93. The number of benzene rings is 5. The van der Waals surface area contributed by atoms with Crippen molar-refractivity contribution in [2.75, 3.05) is 0 Å². The van der Waals surface area contributed by atoms with E-state index in [9.17, 15) is 8.78 Å². The molecule has 0 radical (unpaired) electrons. The van der Waals surface area contributed by atoms with E-state index in [1.807, 2.05) is 25.1 Å². The van der Waals surface area contributed by atoms with Gasteiger partial charge in [-0.1, -0.05) is 93.8 Å². The van der Waals surface area contributed by atoms with Crippen molar-refractivity contribution in [3.8, 4) is 39.1 Å². The zero-order valence-electron chi connectivity index (χ0n) is 25.4. The Bertz CT molecular complexity index is 1740. The lowest BCUT2D eigenvalue weighted by Gasteiger charge is -2.19. The Morgan fingerprint density at radius 2 is 1.13 bits per heavy atom. The van der Waals surface area contributed by atoms with Gasteiger partial charge in [-0.15, -0.1) is 0 Å². The standard InChI is InChI=1S/C39H35F5O/c1-3-5-6-8-26-9-11-27(12-10-26)30-17-21-34(37(41)23-30)28-15-18-32(19-16-28)39(43,44)45-33-20-22-35(38(42)25-33)31-14-13-29(7-4-2)36(40)24-31/h9-25H,3-8H2,1-2H3. The second-order valence-corrected chi connectivity index (χ2v) is 11.2. The highest BCUT2D eigenvalue weighted by Crippen LogP contribution is 2.36. The van der Waals surface area contributed by atoms with Gasteiger partial charge in [0.2, 0.25) is 0 Å². The van der Waals surface area contributed by atoms with Gasteiger partial charge in [0.1, 0.15) is 23.2 Å². The molecule has 0 saturated carbocycles. The number of hydrogen-bond acceptors (Lipinski definition) is 1. The number of alkyl halides is 2. The summed E-state index contributed by atoms with van der Waals surface area (Å²) < 4.78 is 79.5. The maximum Gasteiger partial charge on any atom is 0.426 e. The van der Waals surface area contributed by atoms with E-state index in [-0.39, 0.29) is 16.9 Å². The molecule has 5 aromatic carbocycles. The highest BCUT2D eigenvalue weighted by molar-refractivity contribution is 5.71. The van der Waals surface area contributed by atoms with Crippen molar-refractivity contribution in [3.05, 3.63) is 137 Å². The molecule has 0 N–H and O–H groups in total. The van der Waals surface area contributed by atoms with Crippen molar-refractivity contribution < 1.29 is 26.7 Å². The van der Waals surface area contributed by atoms with E-state index in [0.717, 1.165) is 48.6 Å². The molecule has 0 saturated heterocycles. The number of unbranched alkanes of at least 4 members (excludes halogenated alkanes) is 2. The van der Waals surface area contributed by atoms with E-state index in [1.165, 1.54) is 54.8 Å². The first kappa shape index (κ1) is 32.0. The van der Waals surface area contributed by atoms with E-state index in [2.05, 4.69) is 19.1 Å². The summed E-state index contributed by atoms with van der Waals surface area (Å²) in [4.78, 5) is 0. The fourth-order valence-corrected chi connectivity index (χ4v) is 5.40. The Morgan fingerprint density at radius 1 is 0.533 bits per heavy atom. The Balaban J connectivity index is 1.27. The Labute approximate surface area is 261 Å². The molecule has 5 aromatic rings. The minimum Gasteiger partial charge on any atom is -0.429 e. The molecule has 0 heterocycles. The van der Waals surface area contributed by atoms with Crippen molar-refractivity contribution in [1.82, 2.24) is 0 Å². The average molecular weight is 615 g/mol. The first-order valence-corrected chi connectivity index (χ1v) is 15.3. The van der Waals surface area contributed by atoms with Gasteiger partial charge in [0.25, 0.3) is 0 Å². The van der Waals surface area contributed by atoms with E-state index >= 15 is 13.2 Å². The average Bonchev–Trinajstić information content (AvgIpc) is 3.02. The number of rotatable bonds is 12. The highest BCUT2D eigenvalue weighted by atomic mass is 19.3. The lowest BCUT2D eigenvalue weighted by Crippen LogP contribution is -2.21. The molecule has 0 amide bonds. The van der Waals surface area contributed by atoms with Crippen molar-refractivity contribution in [2.45, 2.75) is 58.5 Å². The van der Waals surface area contributed by atoms with Gasteiger partial charge < -0.3 is 4.74 Å². The molecular weight excluding hydrogens is 579 g/mol. The Kier molecular flexibility index (Phi) is 10.0. The first-order chi connectivity index (χ1) is 21.7. The van der Waals surface area contributed by atoms with E-state index in [4.69, 9.17) is 4.74 Å². The molecule has 0 aliphatic rings. The van der Waals surface area contributed by atoms with Crippen LogP contribution < -0.4 is 4.74 Å². The molecule has 0 unspecified atom stereocenters. The maximum absolute atomic E-state index is 15.2. The monoisotopic (exact) mass is 614 g/mol. The van der Waals surface area contributed by atoms with Crippen molar-refractivity contribution in [3.63, 3.8) is 0 Å². The third kappa shape index (κ3) is 7.62.